The summed E-state index contributed by atoms with van der Waals surface area (Å²) in [5.74, 6) is 0.454. The van der Waals surface area contributed by atoms with E-state index < -0.39 is 0 Å². The van der Waals surface area contributed by atoms with Crippen LogP contribution < -0.4 is 0 Å². The van der Waals surface area contributed by atoms with Gasteiger partial charge in [-0.3, -0.25) is 0 Å². The number of nitrogens with zero attached hydrogens (tertiary/aromatic N) is 3. The van der Waals surface area contributed by atoms with Gasteiger partial charge in [0, 0.05) is 11.1 Å². The van der Waals surface area contributed by atoms with Crippen LogP contribution in [0.5, 0.6) is 0 Å². The highest BCUT2D eigenvalue weighted by atomic mass is 35.5. The van der Waals surface area contributed by atoms with Gasteiger partial charge in [-0.25, -0.2) is 9.48 Å². The van der Waals surface area contributed by atoms with Gasteiger partial charge in [0.2, 0.25) is 6.08 Å². The average Bonchev–Trinajstić information content (AvgIpc) is 2.61. The monoisotopic (exact) mass is 233 g/mol. The molecule has 0 spiro atoms. The van der Waals surface area contributed by atoms with E-state index in [1.165, 1.54) is 6.08 Å². The lowest BCUT2D eigenvalue weighted by Crippen LogP contribution is -1.95. The average molecular weight is 234 g/mol. The number of aromatic nitrogens is 2. The largest absolute Gasteiger partial charge is 0.242 e. The van der Waals surface area contributed by atoms with Crippen LogP contribution in [-0.2, 0) is 4.79 Å². The minimum atomic E-state index is 0.454. The molecule has 16 heavy (non-hydrogen) atoms. The minimum absolute atomic E-state index is 0.454. The molecule has 5 heteroatoms. The molecule has 0 unspecified atom stereocenters. The molecule has 0 N–H and O–H groups in total. The van der Waals surface area contributed by atoms with Crippen LogP contribution >= 0.6 is 11.6 Å². The number of aryl methyl sites for hydroxylation is 1. The molecule has 0 atom stereocenters. The van der Waals surface area contributed by atoms with Gasteiger partial charge in [-0.15, -0.1) is 4.99 Å². The molecule has 0 saturated heterocycles. The van der Waals surface area contributed by atoms with Crippen molar-refractivity contribution in [1.29, 1.82) is 0 Å². The van der Waals surface area contributed by atoms with Gasteiger partial charge in [-0.2, -0.15) is 5.10 Å². The van der Waals surface area contributed by atoms with Gasteiger partial charge in [-0.1, -0.05) is 11.6 Å². The highest BCUT2D eigenvalue weighted by molar-refractivity contribution is 6.30. The van der Waals surface area contributed by atoms with Crippen LogP contribution in [0, 0.1) is 6.92 Å². The van der Waals surface area contributed by atoms with E-state index in [0.29, 0.717) is 10.8 Å². The Bertz CT molecular complexity index is 553. The van der Waals surface area contributed by atoms with E-state index in [-0.39, 0.29) is 0 Å². The van der Waals surface area contributed by atoms with Crippen molar-refractivity contribution in [3.8, 4) is 5.69 Å². The van der Waals surface area contributed by atoms with Crippen LogP contribution in [0.4, 0.5) is 5.82 Å². The van der Waals surface area contributed by atoms with Crippen LogP contribution in [0.2, 0.25) is 5.02 Å². The molecule has 1 aromatic carbocycles. The van der Waals surface area contributed by atoms with E-state index in [2.05, 4.69) is 10.1 Å². The second kappa shape index (κ2) is 4.31. The number of hydrogen-bond donors (Lipinski definition) is 0. The second-order valence-electron chi connectivity index (χ2n) is 3.24. The quantitative estimate of drug-likeness (QED) is 0.592. The molecule has 2 aromatic rings. The summed E-state index contributed by atoms with van der Waals surface area (Å²) in [6.07, 6.45) is 1.51. The third-order valence-electron chi connectivity index (χ3n) is 2.04. The molecular weight excluding hydrogens is 226 g/mol. The highest BCUT2D eigenvalue weighted by Crippen LogP contribution is 2.20. The second-order valence-corrected chi connectivity index (χ2v) is 3.67. The Morgan fingerprint density at radius 1 is 1.38 bits per heavy atom. The third-order valence-corrected chi connectivity index (χ3v) is 2.30. The van der Waals surface area contributed by atoms with E-state index in [0.717, 1.165) is 11.4 Å². The van der Waals surface area contributed by atoms with Crippen molar-refractivity contribution in [3.63, 3.8) is 0 Å². The smallest absolute Gasteiger partial charge is 0.214 e. The van der Waals surface area contributed by atoms with E-state index in [1.54, 1.807) is 35.0 Å². The number of carbonyl (C=O) groups excluding carboxylic acids is 1. The summed E-state index contributed by atoms with van der Waals surface area (Å²) in [5.41, 5.74) is 1.58. The molecule has 0 fully saturated rings. The van der Waals surface area contributed by atoms with Gasteiger partial charge in [0.1, 0.15) is 0 Å². The maximum atomic E-state index is 10.3. The summed E-state index contributed by atoms with van der Waals surface area (Å²) >= 11 is 5.79. The molecule has 1 aromatic heterocycles. The number of aliphatic imine (C=N–C) groups is 1. The van der Waals surface area contributed by atoms with Crippen molar-refractivity contribution in [1.82, 2.24) is 9.78 Å². The molecule has 0 aliphatic carbocycles. The lowest BCUT2D eigenvalue weighted by atomic mass is 10.3. The van der Waals surface area contributed by atoms with E-state index in [4.69, 9.17) is 11.6 Å². The van der Waals surface area contributed by atoms with Crippen molar-refractivity contribution in [2.75, 3.05) is 0 Å². The molecule has 1 heterocycles. The zero-order chi connectivity index (χ0) is 11.5. The number of rotatable bonds is 2. The molecule has 0 radical (unpaired) electrons. The first-order chi connectivity index (χ1) is 7.70. The molecule has 0 amide bonds. The molecule has 0 bridgehead atoms. The lowest BCUT2D eigenvalue weighted by Gasteiger charge is -2.02. The summed E-state index contributed by atoms with van der Waals surface area (Å²) in [6.45, 7) is 1.83. The Kier molecular flexibility index (Phi) is 2.86. The van der Waals surface area contributed by atoms with Gasteiger partial charge in [-0.05, 0) is 31.2 Å². The van der Waals surface area contributed by atoms with Gasteiger partial charge < -0.3 is 0 Å². The van der Waals surface area contributed by atoms with Gasteiger partial charge >= 0.3 is 0 Å². The Hall–Kier alpha value is -1.90. The van der Waals surface area contributed by atoms with E-state index >= 15 is 0 Å². The SMILES string of the molecule is Cc1cc(N=C=O)n(-c2ccc(Cl)cc2)n1. The first kappa shape index (κ1) is 10.6. The molecule has 0 aliphatic heterocycles. The Morgan fingerprint density at radius 3 is 2.69 bits per heavy atom. The van der Waals surface area contributed by atoms with Crippen molar-refractivity contribution in [2.45, 2.75) is 6.92 Å². The minimum Gasteiger partial charge on any atom is -0.214 e. The maximum Gasteiger partial charge on any atom is 0.242 e. The van der Waals surface area contributed by atoms with E-state index in [9.17, 15) is 4.79 Å². The zero-order valence-corrected chi connectivity index (χ0v) is 9.27. The van der Waals surface area contributed by atoms with Gasteiger partial charge in [0.05, 0.1) is 11.4 Å². The van der Waals surface area contributed by atoms with Crippen LogP contribution in [0.15, 0.2) is 35.3 Å². The van der Waals surface area contributed by atoms with Gasteiger partial charge in [0.25, 0.3) is 0 Å². The Labute approximate surface area is 97.2 Å². The summed E-state index contributed by atoms with van der Waals surface area (Å²) < 4.78 is 1.57. The van der Waals surface area contributed by atoms with Crippen LogP contribution in [-0.4, -0.2) is 15.9 Å². The van der Waals surface area contributed by atoms with Crippen molar-refractivity contribution in [3.05, 3.63) is 41.0 Å². The highest BCUT2D eigenvalue weighted by Gasteiger charge is 2.06. The fourth-order valence-electron chi connectivity index (χ4n) is 1.38. The molecule has 80 valence electrons. The third kappa shape index (κ3) is 2.03. The fraction of sp³-hybridized carbons (Fsp3) is 0.0909. The summed E-state index contributed by atoms with van der Waals surface area (Å²) in [6, 6.07) is 8.82. The molecule has 4 nitrogen and oxygen atoms in total. The lowest BCUT2D eigenvalue weighted by molar-refractivity contribution is 0.565. The van der Waals surface area contributed by atoms with Crippen molar-refractivity contribution < 1.29 is 4.79 Å². The standard InChI is InChI=1S/C11H8ClN3O/c1-8-6-11(13-7-16)15(14-8)10-4-2-9(12)3-5-10/h2-6H,1H3. The molecule has 0 saturated carbocycles. The number of hydrogen-bond acceptors (Lipinski definition) is 3. The van der Waals surface area contributed by atoms with E-state index in [1.807, 2.05) is 6.92 Å². The summed E-state index contributed by atoms with van der Waals surface area (Å²) in [7, 11) is 0. The Balaban J connectivity index is 2.54. The summed E-state index contributed by atoms with van der Waals surface area (Å²) in [4.78, 5) is 13.9. The maximum absolute atomic E-state index is 10.3. The topological polar surface area (TPSA) is 47.2 Å². The number of benzene rings is 1. The predicted octanol–water partition coefficient (Wildman–Crippen LogP) is 2.80. The Morgan fingerprint density at radius 2 is 2.06 bits per heavy atom. The van der Waals surface area contributed by atoms with Crippen LogP contribution in [0.3, 0.4) is 0 Å². The first-order valence-corrected chi connectivity index (χ1v) is 4.99. The normalized spacial score (nSPS) is 9.88. The number of isocyanates is 1. The van der Waals surface area contributed by atoms with Gasteiger partial charge in [0.15, 0.2) is 5.82 Å². The summed E-state index contributed by atoms with van der Waals surface area (Å²) in [5, 5.41) is 4.88. The van der Waals surface area contributed by atoms with Crippen LogP contribution in [0.25, 0.3) is 5.69 Å². The first-order valence-electron chi connectivity index (χ1n) is 4.61. The van der Waals surface area contributed by atoms with Crippen molar-refractivity contribution >= 4 is 23.5 Å². The van der Waals surface area contributed by atoms with Crippen LogP contribution in [0.1, 0.15) is 5.69 Å². The zero-order valence-electron chi connectivity index (χ0n) is 8.51. The molecule has 2 rings (SSSR count). The fourth-order valence-corrected chi connectivity index (χ4v) is 1.51. The van der Waals surface area contributed by atoms with Crippen molar-refractivity contribution in [2.24, 2.45) is 4.99 Å². The number of halogens is 1. The predicted molar refractivity (Wildman–Crippen MR) is 61.1 cm³/mol. The molecule has 0 aliphatic rings. The molecular formula is C11H8ClN3O.